The van der Waals surface area contributed by atoms with Crippen molar-refractivity contribution in [1.82, 2.24) is 0 Å². The highest BCUT2D eigenvalue weighted by atomic mass is 127. The first kappa shape index (κ1) is 13.7. The van der Waals surface area contributed by atoms with Gasteiger partial charge in [-0.3, -0.25) is 9.59 Å². The first-order valence-corrected chi connectivity index (χ1v) is 5.91. The molecule has 0 saturated heterocycles. The number of carbonyl (C=O) groups is 2. The predicted octanol–water partition coefficient (Wildman–Crippen LogP) is 1.55. The van der Waals surface area contributed by atoms with E-state index >= 15 is 0 Å². The second-order valence-electron chi connectivity index (χ2n) is 2.95. The first-order chi connectivity index (χ1) is 6.56. The Balaban J connectivity index is 3.76. The molecule has 0 atom stereocenters. The Morgan fingerprint density at radius 2 is 1.57 bits per heavy atom. The van der Waals surface area contributed by atoms with Gasteiger partial charge in [-0.1, -0.05) is 22.6 Å². The van der Waals surface area contributed by atoms with E-state index < -0.39 is 0 Å². The Morgan fingerprint density at radius 3 is 1.86 bits per heavy atom. The fourth-order valence-electron chi connectivity index (χ4n) is 0.839. The van der Waals surface area contributed by atoms with Crippen LogP contribution in [0.4, 0.5) is 0 Å². The van der Waals surface area contributed by atoms with Gasteiger partial charge in [-0.2, -0.15) is 0 Å². The Bertz CT molecular complexity index is 175. The van der Waals surface area contributed by atoms with E-state index in [1.807, 2.05) is 0 Å². The van der Waals surface area contributed by atoms with Gasteiger partial charge in [0.05, 0.1) is 13.2 Å². The van der Waals surface area contributed by atoms with Crippen molar-refractivity contribution in [2.45, 2.75) is 20.3 Å². The van der Waals surface area contributed by atoms with E-state index in [9.17, 15) is 9.59 Å². The van der Waals surface area contributed by atoms with Crippen LogP contribution in [-0.4, -0.2) is 29.6 Å². The number of ether oxygens (including phenoxy) is 2. The molecule has 0 heterocycles. The highest BCUT2D eigenvalue weighted by molar-refractivity contribution is 14.1. The summed E-state index contributed by atoms with van der Waals surface area (Å²) in [6, 6.07) is 0. The average molecular weight is 314 g/mol. The maximum absolute atomic E-state index is 10.6. The molecule has 0 aromatic rings. The molecule has 0 bridgehead atoms. The second kappa shape index (κ2) is 8.02. The lowest BCUT2D eigenvalue weighted by molar-refractivity contribution is -0.146. The predicted molar refractivity (Wildman–Crippen MR) is 60.3 cm³/mol. The molecular weight excluding hydrogens is 299 g/mol. The Hall–Kier alpha value is -0.330. The van der Waals surface area contributed by atoms with Gasteiger partial charge in [-0.15, -0.1) is 0 Å². The van der Waals surface area contributed by atoms with Crippen LogP contribution < -0.4 is 0 Å². The van der Waals surface area contributed by atoms with Crippen molar-refractivity contribution >= 4 is 34.5 Å². The zero-order chi connectivity index (χ0) is 11.0. The molecule has 5 heteroatoms. The van der Waals surface area contributed by atoms with E-state index in [1.54, 1.807) is 0 Å². The molecule has 0 rings (SSSR count). The summed E-state index contributed by atoms with van der Waals surface area (Å²) in [5.41, 5.74) is 0. The van der Waals surface area contributed by atoms with Gasteiger partial charge in [0.15, 0.2) is 0 Å². The minimum atomic E-state index is -0.300. The summed E-state index contributed by atoms with van der Waals surface area (Å²) in [5, 5.41) is 0. The number of carbonyl (C=O) groups excluding carboxylic acids is 2. The molecule has 0 fully saturated rings. The Kier molecular flexibility index (Phi) is 7.83. The SMILES string of the molecule is CC(=O)OCC(CCI)COC(C)=O. The lowest BCUT2D eigenvalue weighted by Gasteiger charge is -2.14. The van der Waals surface area contributed by atoms with E-state index in [-0.39, 0.29) is 17.9 Å². The number of hydrogen-bond acceptors (Lipinski definition) is 4. The van der Waals surface area contributed by atoms with Gasteiger partial charge >= 0.3 is 11.9 Å². The standard InChI is InChI=1S/C9H15IO4/c1-7(11)13-5-9(3-4-10)6-14-8(2)12/h9H,3-6H2,1-2H3. The smallest absolute Gasteiger partial charge is 0.302 e. The van der Waals surface area contributed by atoms with Gasteiger partial charge < -0.3 is 9.47 Å². The van der Waals surface area contributed by atoms with Crippen molar-refractivity contribution in [2.24, 2.45) is 5.92 Å². The molecule has 0 spiro atoms. The van der Waals surface area contributed by atoms with Crippen LogP contribution in [0.15, 0.2) is 0 Å². The highest BCUT2D eigenvalue weighted by Gasteiger charge is 2.11. The summed E-state index contributed by atoms with van der Waals surface area (Å²) in [7, 11) is 0. The maximum atomic E-state index is 10.6. The van der Waals surface area contributed by atoms with Crippen molar-refractivity contribution in [1.29, 1.82) is 0 Å². The molecule has 0 amide bonds. The molecular formula is C9H15IO4. The van der Waals surface area contributed by atoms with Crippen LogP contribution in [0.1, 0.15) is 20.3 Å². The topological polar surface area (TPSA) is 52.6 Å². The summed E-state index contributed by atoms with van der Waals surface area (Å²) in [5.74, 6) is -0.489. The zero-order valence-electron chi connectivity index (χ0n) is 8.42. The number of alkyl halides is 1. The molecule has 0 radical (unpaired) electrons. The largest absolute Gasteiger partial charge is 0.465 e. The van der Waals surface area contributed by atoms with E-state index in [2.05, 4.69) is 22.6 Å². The highest BCUT2D eigenvalue weighted by Crippen LogP contribution is 2.07. The Morgan fingerprint density at radius 1 is 1.14 bits per heavy atom. The summed E-state index contributed by atoms with van der Waals surface area (Å²) in [6.07, 6.45) is 0.876. The first-order valence-electron chi connectivity index (χ1n) is 4.39. The molecule has 4 nitrogen and oxygen atoms in total. The normalized spacial score (nSPS) is 10.0. The van der Waals surface area contributed by atoms with E-state index in [0.717, 1.165) is 10.8 Å². The number of rotatable bonds is 6. The molecule has 0 unspecified atom stereocenters. The third-order valence-corrected chi connectivity index (χ3v) is 2.18. The van der Waals surface area contributed by atoms with Gasteiger partial charge in [0, 0.05) is 24.2 Å². The molecule has 14 heavy (non-hydrogen) atoms. The van der Waals surface area contributed by atoms with E-state index in [0.29, 0.717) is 13.2 Å². The van der Waals surface area contributed by atoms with Crippen LogP contribution in [0.3, 0.4) is 0 Å². The number of hydrogen-bond donors (Lipinski definition) is 0. The molecule has 0 aliphatic rings. The lowest BCUT2D eigenvalue weighted by atomic mass is 10.1. The number of esters is 2. The third kappa shape index (κ3) is 8.28. The quantitative estimate of drug-likeness (QED) is 0.424. The monoisotopic (exact) mass is 314 g/mol. The second-order valence-corrected chi connectivity index (χ2v) is 4.03. The summed E-state index contributed by atoms with van der Waals surface area (Å²) >= 11 is 2.24. The molecule has 0 aliphatic heterocycles. The molecule has 0 N–H and O–H groups in total. The summed E-state index contributed by atoms with van der Waals surface area (Å²) in [6.45, 7) is 3.39. The third-order valence-electron chi connectivity index (χ3n) is 1.56. The maximum Gasteiger partial charge on any atom is 0.302 e. The zero-order valence-corrected chi connectivity index (χ0v) is 10.6. The molecule has 0 aromatic carbocycles. The summed E-state index contributed by atoms with van der Waals surface area (Å²) < 4.78 is 10.7. The summed E-state index contributed by atoms with van der Waals surface area (Å²) in [4.78, 5) is 21.1. The minimum absolute atomic E-state index is 0.111. The Labute approximate surface area is 97.5 Å². The van der Waals surface area contributed by atoms with Crippen LogP contribution in [0.25, 0.3) is 0 Å². The number of halogens is 1. The van der Waals surface area contributed by atoms with Gasteiger partial charge in [-0.05, 0) is 6.42 Å². The van der Waals surface area contributed by atoms with Crippen molar-refractivity contribution < 1.29 is 19.1 Å². The van der Waals surface area contributed by atoms with Crippen LogP contribution in [0.2, 0.25) is 0 Å². The van der Waals surface area contributed by atoms with Gasteiger partial charge in [0.25, 0.3) is 0 Å². The van der Waals surface area contributed by atoms with Crippen LogP contribution in [0.5, 0.6) is 0 Å². The average Bonchev–Trinajstić information content (AvgIpc) is 2.09. The van der Waals surface area contributed by atoms with Crippen molar-refractivity contribution in [2.75, 3.05) is 17.6 Å². The van der Waals surface area contributed by atoms with Crippen LogP contribution in [0, 0.1) is 5.92 Å². The minimum Gasteiger partial charge on any atom is -0.465 e. The molecule has 0 saturated carbocycles. The van der Waals surface area contributed by atoms with Crippen LogP contribution >= 0.6 is 22.6 Å². The lowest BCUT2D eigenvalue weighted by Crippen LogP contribution is -2.19. The molecule has 82 valence electrons. The van der Waals surface area contributed by atoms with Crippen LogP contribution in [-0.2, 0) is 19.1 Å². The van der Waals surface area contributed by atoms with Crippen molar-refractivity contribution in [3.8, 4) is 0 Å². The van der Waals surface area contributed by atoms with Crippen molar-refractivity contribution in [3.05, 3.63) is 0 Å². The molecule has 0 aromatic heterocycles. The van der Waals surface area contributed by atoms with Gasteiger partial charge in [-0.25, -0.2) is 0 Å². The van der Waals surface area contributed by atoms with Gasteiger partial charge in [0.1, 0.15) is 0 Å². The van der Waals surface area contributed by atoms with Crippen molar-refractivity contribution in [3.63, 3.8) is 0 Å². The molecule has 0 aliphatic carbocycles. The van der Waals surface area contributed by atoms with Gasteiger partial charge in [0.2, 0.25) is 0 Å². The fraction of sp³-hybridized carbons (Fsp3) is 0.778. The fourth-order valence-corrected chi connectivity index (χ4v) is 1.72. The van der Waals surface area contributed by atoms with E-state index in [1.165, 1.54) is 13.8 Å². The van der Waals surface area contributed by atoms with E-state index in [4.69, 9.17) is 9.47 Å².